The predicted molar refractivity (Wildman–Crippen MR) is 84.7 cm³/mol. The van der Waals surface area contributed by atoms with Gasteiger partial charge in [-0.05, 0) is 29.7 Å². The van der Waals surface area contributed by atoms with E-state index in [0.717, 1.165) is 24.5 Å². The zero-order valence-corrected chi connectivity index (χ0v) is 14.8. The van der Waals surface area contributed by atoms with E-state index in [2.05, 4.69) is 8.37 Å². The van der Waals surface area contributed by atoms with Crippen molar-refractivity contribution in [3.63, 3.8) is 0 Å². The van der Waals surface area contributed by atoms with Gasteiger partial charge < -0.3 is 8.37 Å². The van der Waals surface area contributed by atoms with Crippen molar-refractivity contribution in [2.24, 2.45) is 0 Å². The molecule has 0 unspecified atom stereocenters. The highest BCUT2D eigenvalue weighted by atomic mass is 32.2. The second-order valence-electron chi connectivity index (χ2n) is 4.83. The summed E-state index contributed by atoms with van der Waals surface area (Å²) < 4.78 is 86.6. The van der Waals surface area contributed by atoms with Gasteiger partial charge >= 0.3 is 20.2 Å². The maximum atomic E-state index is 11.6. The first-order valence-corrected chi connectivity index (χ1v) is 11.2. The number of benzene rings is 2. The minimum Gasteiger partial charge on any atom is -0.383 e. The van der Waals surface area contributed by atoms with Crippen LogP contribution in [0.3, 0.4) is 0 Å². The molecule has 2 aromatic carbocycles. The van der Waals surface area contributed by atoms with Crippen molar-refractivity contribution >= 4 is 41.1 Å². The first-order valence-electron chi connectivity index (χ1n) is 6.09. The number of rotatable bonds is 5. The van der Waals surface area contributed by atoms with Crippen molar-refractivity contribution in [2.45, 2.75) is 4.90 Å². The minimum atomic E-state index is -4.83. The van der Waals surface area contributed by atoms with Crippen molar-refractivity contribution in [1.29, 1.82) is 0 Å². The van der Waals surface area contributed by atoms with Gasteiger partial charge in [-0.2, -0.15) is 25.3 Å². The second-order valence-corrected chi connectivity index (χ2v) is 9.33. The number of fused-ring (bicyclic) bond motifs is 1. The third kappa shape index (κ3) is 4.56. The molecule has 0 bridgehead atoms. The van der Waals surface area contributed by atoms with Crippen LogP contribution in [0.5, 0.6) is 11.5 Å². The van der Waals surface area contributed by atoms with Gasteiger partial charge in [0.25, 0.3) is 10.1 Å². The summed E-state index contributed by atoms with van der Waals surface area (Å²) in [6.07, 6.45) is 1.55. The van der Waals surface area contributed by atoms with Gasteiger partial charge in [-0.25, -0.2) is 0 Å². The lowest BCUT2D eigenvalue weighted by atomic mass is 10.1. The van der Waals surface area contributed by atoms with Gasteiger partial charge in [0, 0.05) is 5.39 Å². The fraction of sp³-hybridized carbons (Fsp3) is 0.167. The Balaban J connectivity index is 2.75. The summed E-state index contributed by atoms with van der Waals surface area (Å²) in [5.41, 5.74) is 0. The molecule has 0 amide bonds. The number of hydrogen-bond donors (Lipinski definition) is 1. The Hall–Kier alpha value is -1.89. The molecule has 0 spiro atoms. The molecular weight excluding hydrogens is 384 g/mol. The van der Waals surface area contributed by atoms with Gasteiger partial charge in [0.1, 0.15) is 10.6 Å². The second kappa shape index (κ2) is 5.88. The van der Waals surface area contributed by atoms with Crippen molar-refractivity contribution in [3.05, 3.63) is 30.3 Å². The van der Waals surface area contributed by atoms with Crippen LogP contribution in [-0.4, -0.2) is 42.3 Å². The lowest BCUT2D eigenvalue weighted by Crippen LogP contribution is -2.10. The van der Waals surface area contributed by atoms with E-state index in [-0.39, 0.29) is 16.5 Å². The van der Waals surface area contributed by atoms with Gasteiger partial charge in [-0.15, -0.1) is 0 Å². The Morgan fingerprint density at radius 2 is 1.42 bits per heavy atom. The van der Waals surface area contributed by atoms with Gasteiger partial charge in [-0.1, -0.05) is 6.07 Å². The van der Waals surface area contributed by atoms with Crippen molar-refractivity contribution in [3.8, 4) is 11.5 Å². The summed E-state index contributed by atoms with van der Waals surface area (Å²) in [5.74, 6) is -0.660. The van der Waals surface area contributed by atoms with Gasteiger partial charge in [0.15, 0.2) is 5.75 Å². The van der Waals surface area contributed by atoms with Crippen molar-refractivity contribution in [1.82, 2.24) is 0 Å². The summed E-state index contributed by atoms with van der Waals surface area (Å²) in [4.78, 5) is -0.753. The molecular formula is C12H12O9S3. The lowest BCUT2D eigenvalue weighted by molar-refractivity contribution is 0.467. The maximum Gasteiger partial charge on any atom is 0.306 e. The highest BCUT2D eigenvalue weighted by Crippen LogP contribution is 2.34. The molecule has 24 heavy (non-hydrogen) atoms. The fourth-order valence-corrected chi connectivity index (χ4v) is 3.78. The molecule has 1 N–H and O–H groups in total. The summed E-state index contributed by atoms with van der Waals surface area (Å²) in [7, 11) is -12.7. The number of hydrogen-bond acceptors (Lipinski definition) is 8. The van der Waals surface area contributed by atoms with Crippen molar-refractivity contribution < 1.29 is 38.2 Å². The molecule has 12 heteroatoms. The molecule has 132 valence electrons. The molecule has 0 aliphatic rings. The molecule has 0 radical (unpaired) electrons. The van der Waals surface area contributed by atoms with Crippen LogP contribution in [0.4, 0.5) is 0 Å². The first kappa shape index (κ1) is 18.4. The van der Waals surface area contributed by atoms with E-state index < -0.39 is 41.0 Å². The normalized spacial score (nSPS) is 13.0. The third-order valence-electron chi connectivity index (χ3n) is 2.65. The average molecular weight is 396 g/mol. The summed E-state index contributed by atoms with van der Waals surface area (Å²) in [6, 6.07) is 5.85. The summed E-state index contributed by atoms with van der Waals surface area (Å²) in [5, 5.41) is 0.115. The topological polar surface area (TPSA) is 141 Å². The molecule has 0 heterocycles. The lowest BCUT2D eigenvalue weighted by Gasteiger charge is -2.11. The minimum absolute atomic E-state index is 0.0699. The quantitative estimate of drug-likeness (QED) is 0.572. The highest BCUT2D eigenvalue weighted by Gasteiger charge is 2.23. The summed E-state index contributed by atoms with van der Waals surface area (Å²) in [6.45, 7) is 0. The fourth-order valence-electron chi connectivity index (χ4n) is 1.98. The van der Waals surface area contributed by atoms with E-state index in [1.807, 2.05) is 0 Å². The van der Waals surface area contributed by atoms with E-state index in [0.29, 0.717) is 6.26 Å². The van der Waals surface area contributed by atoms with E-state index in [1.165, 1.54) is 12.1 Å². The smallest absolute Gasteiger partial charge is 0.306 e. The average Bonchev–Trinajstić information content (AvgIpc) is 2.33. The van der Waals surface area contributed by atoms with Crippen LogP contribution in [0.2, 0.25) is 0 Å². The first-order chi connectivity index (χ1) is 10.8. The Labute approximate surface area is 138 Å². The van der Waals surface area contributed by atoms with E-state index in [9.17, 15) is 29.8 Å². The van der Waals surface area contributed by atoms with Crippen LogP contribution >= 0.6 is 0 Å². The molecule has 0 aromatic heterocycles. The molecule has 2 aromatic rings. The van der Waals surface area contributed by atoms with Crippen LogP contribution in [-0.2, 0) is 30.4 Å². The molecule has 0 aliphatic heterocycles. The Morgan fingerprint density at radius 3 is 1.92 bits per heavy atom. The largest absolute Gasteiger partial charge is 0.383 e. The van der Waals surface area contributed by atoms with Crippen molar-refractivity contribution in [2.75, 3.05) is 12.5 Å². The van der Waals surface area contributed by atoms with Crippen LogP contribution in [0.15, 0.2) is 35.2 Å². The Kier molecular flexibility index (Phi) is 4.52. The molecule has 0 fully saturated rings. The maximum absolute atomic E-state index is 11.6. The zero-order chi connectivity index (χ0) is 18.3. The zero-order valence-electron chi connectivity index (χ0n) is 12.3. The van der Waals surface area contributed by atoms with Gasteiger partial charge in [-0.3, -0.25) is 4.55 Å². The Bertz CT molecular complexity index is 1110. The van der Waals surface area contributed by atoms with Crippen LogP contribution < -0.4 is 8.37 Å². The standard InChI is InChI=1S/C12H12O9S3/c1-22(13,14)20-9-4-5-10-8(7-9)3-6-11(21-23(2,15)16)12(10)24(17,18)19/h3-7H,1-2H3,(H,17,18,19). The highest BCUT2D eigenvalue weighted by molar-refractivity contribution is 7.87. The molecule has 0 aliphatic carbocycles. The van der Waals surface area contributed by atoms with Gasteiger partial charge in [0.2, 0.25) is 0 Å². The Morgan fingerprint density at radius 1 is 0.833 bits per heavy atom. The molecule has 2 rings (SSSR count). The van der Waals surface area contributed by atoms with Gasteiger partial charge in [0.05, 0.1) is 12.5 Å². The van der Waals surface area contributed by atoms with E-state index in [1.54, 1.807) is 0 Å². The van der Waals surface area contributed by atoms with E-state index >= 15 is 0 Å². The molecule has 9 nitrogen and oxygen atoms in total. The van der Waals surface area contributed by atoms with Crippen LogP contribution in [0, 0.1) is 0 Å². The molecule has 0 atom stereocenters. The van der Waals surface area contributed by atoms with Crippen LogP contribution in [0.1, 0.15) is 0 Å². The predicted octanol–water partition coefficient (Wildman–Crippen LogP) is 0.763. The van der Waals surface area contributed by atoms with Crippen LogP contribution in [0.25, 0.3) is 10.8 Å². The third-order valence-corrected chi connectivity index (χ3v) is 4.57. The SMILES string of the molecule is CS(=O)(=O)Oc1ccc2c(S(=O)(=O)O)c(OS(C)(=O)=O)ccc2c1. The van der Waals surface area contributed by atoms with E-state index in [4.69, 9.17) is 0 Å². The summed E-state index contributed by atoms with van der Waals surface area (Å²) >= 11 is 0. The molecule has 0 saturated heterocycles. The molecule has 0 saturated carbocycles. The monoisotopic (exact) mass is 396 g/mol.